The Labute approximate surface area is 201 Å². The molecule has 7 heteroatoms. The van der Waals surface area contributed by atoms with E-state index in [0.717, 1.165) is 19.3 Å². The van der Waals surface area contributed by atoms with Crippen LogP contribution in [0.5, 0.6) is 0 Å². The Bertz CT molecular complexity index is 1250. The van der Waals surface area contributed by atoms with Crippen molar-refractivity contribution in [1.82, 2.24) is 10.2 Å². The minimum atomic E-state index is -1.90. The fourth-order valence-corrected chi connectivity index (χ4v) is 3.92. The summed E-state index contributed by atoms with van der Waals surface area (Å²) in [4.78, 5) is 1.60. The summed E-state index contributed by atoms with van der Waals surface area (Å²) in [6.07, 6.45) is 2.28. The predicted molar refractivity (Wildman–Crippen MR) is 127 cm³/mol. The van der Waals surface area contributed by atoms with E-state index in [9.17, 15) is 22.0 Å². The highest BCUT2D eigenvalue weighted by molar-refractivity contribution is 5.64. The molecule has 0 saturated heterocycles. The molecule has 0 heterocycles. The quantitative estimate of drug-likeness (QED) is 0.193. The molecule has 3 aromatic rings. The van der Waals surface area contributed by atoms with Gasteiger partial charge < -0.3 is 10.2 Å². The summed E-state index contributed by atoms with van der Waals surface area (Å²) in [5.74, 6) is -7.30. The molecule has 1 saturated carbocycles. The largest absolute Gasteiger partial charge is 0.385 e. The monoisotopic (exact) mass is 484 g/mol. The minimum absolute atomic E-state index is 0.0174. The molecule has 2 nitrogen and oxygen atoms in total. The third-order valence-electron chi connectivity index (χ3n) is 6.08. The van der Waals surface area contributed by atoms with Gasteiger partial charge in [0.05, 0.1) is 0 Å². The van der Waals surface area contributed by atoms with Crippen molar-refractivity contribution in [3.05, 3.63) is 119 Å². The summed E-state index contributed by atoms with van der Waals surface area (Å²) < 4.78 is 70.2. The molecule has 35 heavy (non-hydrogen) atoms. The lowest BCUT2D eigenvalue weighted by Crippen LogP contribution is -2.25. The van der Waals surface area contributed by atoms with Crippen LogP contribution in [0.15, 0.2) is 67.8 Å². The van der Waals surface area contributed by atoms with Crippen molar-refractivity contribution >= 4 is 11.4 Å². The van der Waals surface area contributed by atoms with Crippen LogP contribution in [-0.4, -0.2) is 17.5 Å². The van der Waals surface area contributed by atoms with Gasteiger partial charge in [-0.25, -0.2) is 22.0 Å². The van der Waals surface area contributed by atoms with Crippen molar-refractivity contribution in [2.75, 3.05) is 6.54 Å². The number of hydrogen-bond donors (Lipinski definition) is 1. The van der Waals surface area contributed by atoms with E-state index in [0.29, 0.717) is 29.4 Å². The van der Waals surface area contributed by atoms with E-state index in [1.807, 2.05) is 30.3 Å². The zero-order valence-electron chi connectivity index (χ0n) is 19.1. The van der Waals surface area contributed by atoms with Gasteiger partial charge >= 0.3 is 0 Å². The van der Waals surface area contributed by atoms with Gasteiger partial charge in [-0.15, -0.1) is 0 Å². The van der Waals surface area contributed by atoms with Gasteiger partial charge in [0.2, 0.25) is 0 Å². The Kier molecular flexibility index (Phi) is 7.24. The van der Waals surface area contributed by atoms with E-state index >= 15 is 0 Å². The lowest BCUT2D eigenvalue weighted by molar-refractivity contribution is 0.366. The second kappa shape index (κ2) is 10.3. The molecule has 0 aromatic heterocycles. The molecule has 4 rings (SSSR count). The van der Waals surface area contributed by atoms with Crippen molar-refractivity contribution in [3.63, 3.8) is 0 Å². The number of hydrogen-bond acceptors (Lipinski definition) is 2. The first-order chi connectivity index (χ1) is 16.8. The molecule has 1 aliphatic rings. The first kappa shape index (κ1) is 24.5. The van der Waals surface area contributed by atoms with Crippen LogP contribution < -0.4 is 5.32 Å². The third kappa shape index (κ3) is 5.56. The Morgan fingerprint density at radius 1 is 0.857 bits per heavy atom. The summed E-state index contributed by atoms with van der Waals surface area (Å²) in [5.41, 5.74) is 2.13. The summed E-state index contributed by atoms with van der Waals surface area (Å²) in [6.45, 7) is 8.41. The standard InChI is InChI=1S/C28H25F5N2/c1-17(34-13-12-19-6-4-3-5-7-19)20-8-9-21(24(29)14-20)16-35(22-10-11-22)18(2)23-15-25(30)27(32)28(33)26(23)31/h3-9,14-15,22,34H,1-2,10-13,16H2. The zero-order chi connectivity index (χ0) is 25.1. The van der Waals surface area contributed by atoms with Gasteiger partial charge in [-0.3, -0.25) is 0 Å². The van der Waals surface area contributed by atoms with Crippen molar-refractivity contribution in [2.45, 2.75) is 31.8 Å². The summed E-state index contributed by atoms with van der Waals surface area (Å²) >= 11 is 0. The number of halogens is 5. The number of rotatable bonds is 10. The molecular formula is C28H25F5N2. The average Bonchev–Trinajstić information content (AvgIpc) is 3.69. The average molecular weight is 485 g/mol. The summed E-state index contributed by atoms with van der Waals surface area (Å²) in [5, 5.41) is 3.20. The van der Waals surface area contributed by atoms with Crippen LogP contribution in [0.3, 0.4) is 0 Å². The molecule has 3 aromatic carbocycles. The van der Waals surface area contributed by atoms with Crippen LogP contribution in [0.1, 0.15) is 35.1 Å². The molecule has 0 bridgehead atoms. The highest BCUT2D eigenvalue weighted by Crippen LogP contribution is 2.36. The molecule has 1 aliphatic carbocycles. The van der Waals surface area contributed by atoms with Crippen molar-refractivity contribution in [2.24, 2.45) is 0 Å². The summed E-state index contributed by atoms with van der Waals surface area (Å²) in [6, 6.07) is 15.1. The maximum atomic E-state index is 15.0. The second-order valence-corrected chi connectivity index (χ2v) is 8.60. The van der Waals surface area contributed by atoms with Gasteiger partial charge in [0.25, 0.3) is 0 Å². The third-order valence-corrected chi connectivity index (χ3v) is 6.08. The zero-order valence-corrected chi connectivity index (χ0v) is 19.1. The fourth-order valence-electron chi connectivity index (χ4n) is 3.92. The van der Waals surface area contributed by atoms with Crippen LogP contribution in [0.25, 0.3) is 11.4 Å². The maximum absolute atomic E-state index is 15.0. The Balaban J connectivity index is 1.46. The predicted octanol–water partition coefficient (Wildman–Crippen LogP) is 6.82. The second-order valence-electron chi connectivity index (χ2n) is 8.60. The Morgan fingerprint density at radius 3 is 2.23 bits per heavy atom. The fraction of sp³-hybridized carbons (Fsp3) is 0.214. The van der Waals surface area contributed by atoms with Gasteiger partial charge in [-0.2, -0.15) is 0 Å². The van der Waals surface area contributed by atoms with Crippen LogP contribution in [0.2, 0.25) is 0 Å². The topological polar surface area (TPSA) is 15.3 Å². The normalized spacial score (nSPS) is 12.9. The van der Waals surface area contributed by atoms with Crippen molar-refractivity contribution < 1.29 is 22.0 Å². The van der Waals surface area contributed by atoms with Crippen LogP contribution in [0.4, 0.5) is 22.0 Å². The van der Waals surface area contributed by atoms with Gasteiger partial charge in [0.1, 0.15) is 5.82 Å². The minimum Gasteiger partial charge on any atom is -0.385 e. The van der Waals surface area contributed by atoms with Gasteiger partial charge in [-0.05, 0) is 42.5 Å². The molecule has 0 amide bonds. The van der Waals surface area contributed by atoms with Gasteiger partial charge in [0.15, 0.2) is 23.3 Å². The highest BCUT2D eigenvalue weighted by Gasteiger charge is 2.33. The smallest absolute Gasteiger partial charge is 0.198 e. The molecule has 1 fully saturated rings. The number of benzene rings is 3. The molecule has 0 atom stereocenters. The highest BCUT2D eigenvalue weighted by atomic mass is 19.2. The number of nitrogens with zero attached hydrogens (tertiary/aromatic N) is 1. The van der Waals surface area contributed by atoms with Gasteiger partial charge in [-0.1, -0.05) is 55.6 Å². The van der Waals surface area contributed by atoms with Crippen molar-refractivity contribution in [3.8, 4) is 0 Å². The molecule has 0 aliphatic heterocycles. The van der Waals surface area contributed by atoms with E-state index < -0.39 is 34.6 Å². The Morgan fingerprint density at radius 2 is 1.57 bits per heavy atom. The van der Waals surface area contributed by atoms with E-state index in [4.69, 9.17) is 0 Å². The van der Waals surface area contributed by atoms with E-state index in [1.54, 1.807) is 17.0 Å². The van der Waals surface area contributed by atoms with Crippen LogP contribution in [-0.2, 0) is 13.0 Å². The van der Waals surface area contributed by atoms with Gasteiger partial charge in [0, 0.05) is 41.7 Å². The number of nitrogens with one attached hydrogen (secondary N) is 1. The van der Waals surface area contributed by atoms with Crippen molar-refractivity contribution in [1.29, 1.82) is 0 Å². The SMILES string of the molecule is C=C(NCCc1ccccc1)c1ccc(CN(C(=C)c2cc(F)c(F)c(F)c2F)C2CC2)c(F)c1. The first-order valence-corrected chi connectivity index (χ1v) is 11.3. The lowest BCUT2D eigenvalue weighted by atomic mass is 10.1. The molecular weight excluding hydrogens is 459 g/mol. The molecule has 0 radical (unpaired) electrons. The first-order valence-electron chi connectivity index (χ1n) is 11.3. The molecule has 182 valence electrons. The lowest BCUT2D eigenvalue weighted by Gasteiger charge is -2.28. The van der Waals surface area contributed by atoms with E-state index in [-0.39, 0.29) is 18.3 Å². The Hall–Kier alpha value is -3.61. The van der Waals surface area contributed by atoms with E-state index in [2.05, 4.69) is 18.5 Å². The summed E-state index contributed by atoms with van der Waals surface area (Å²) in [7, 11) is 0. The van der Waals surface area contributed by atoms with E-state index in [1.165, 1.54) is 11.6 Å². The molecule has 0 unspecified atom stereocenters. The maximum Gasteiger partial charge on any atom is 0.198 e. The molecule has 0 spiro atoms. The van der Waals surface area contributed by atoms with Crippen LogP contribution >= 0.6 is 0 Å². The molecule has 1 N–H and O–H groups in total. The van der Waals surface area contributed by atoms with Crippen LogP contribution in [0, 0.1) is 29.1 Å².